The van der Waals surface area contributed by atoms with Gasteiger partial charge in [-0.05, 0) is 30.9 Å². The Morgan fingerprint density at radius 3 is 2.65 bits per heavy atom. The van der Waals surface area contributed by atoms with Crippen molar-refractivity contribution in [2.75, 3.05) is 0 Å². The van der Waals surface area contributed by atoms with Crippen molar-refractivity contribution in [3.63, 3.8) is 0 Å². The van der Waals surface area contributed by atoms with Gasteiger partial charge >= 0.3 is 0 Å². The number of hydrogen-bond donors (Lipinski definition) is 0. The van der Waals surface area contributed by atoms with E-state index in [4.69, 9.17) is 0 Å². The molecule has 0 bridgehead atoms. The maximum atomic E-state index is 12.1. The lowest BCUT2D eigenvalue weighted by Crippen LogP contribution is -2.21. The molecule has 1 aliphatic carbocycles. The Balaban J connectivity index is 2.37. The fraction of sp³-hybridized carbons (Fsp3) is 0.421. The highest BCUT2D eigenvalue weighted by Gasteiger charge is 2.45. The van der Waals surface area contributed by atoms with E-state index in [0.29, 0.717) is 11.2 Å². The van der Waals surface area contributed by atoms with Gasteiger partial charge in [0.05, 0.1) is 5.52 Å². The first-order chi connectivity index (χ1) is 10.7. The minimum absolute atomic E-state index is 0.00593. The predicted molar refractivity (Wildman–Crippen MR) is 92.2 cm³/mol. The van der Waals surface area contributed by atoms with Crippen LogP contribution >= 0.6 is 0 Å². The summed E-state index contributed by atoms with van der Waals surface area (Å²) in [5, 5.41) is 0.953. The van der Waals surface area contributed by atoms with Crippen LogP contribution in [0, 0.1) is 6.92 Å². The van der Waals surface area contributed by atoms with Crippen molar-refractivity contribution in [3.05, 3.63) is 51.7 Å². The molecule has 0 atom stereocenters. The Kier molecular flexibility index (Phi) is 2.62. The third kappa shape index (κ3) is 1.81. The van der Waals surface area contributed by atoms with Gasteiger partial charge in [-0.3, -0.25) is 9.78 Å². The van der Waals surface area contributed by atoms with Crippen molar-refractivity contribution in [2.24, 2.45) is 0 Å². The zero-order valence-corrected chi connectivity index (χ0v) is 14.3. The summed E-state index contributed by atoms with van der Waals surface area (Å²) in [6.45, 7) is 10.9. The fourth-order valence-corrected chi connectivity index (χ4v) is 4.51. The minimum atomic E-state index is -0.162. The molecule has 0 radical (unpaired) electrons. The molecule has 0 N–H and O–H groups in total. The molecule has 0 unspecified atom stereocenters. The monoisotopic (exact) mass is 307 g/mol. The Morgan fingerprint density at radius 2 is 1.91 bits per heavy atom. The van der Waals surface area contributed by atoms with Crippen LogP contribution in [-0.2, 0) is 10.8 Å². The van der Waals surface area contributed by atoms with Gasteiger partial charge in [-0.15, -0.1) is 0 Å². The number of pyridine rings is 2. The molecule has 4 nitrogen and oxygen atoms in total. The molecule has 0 amide bonds. The molecule has 3 aromatic heterocycles. The van der Waals surface area contributed by atoms with E-state index in [9.17, 15) is 4.79 Å². The average molecular weight is 307 g/mol. The smallest absolute Gasteiger partial charge is 0.276 e. The molecule has 0 spiro atoms. The van der Waals surface area contributed by atoms with Crippen LogP contribution in [0.3, 0.4) is 0 Å². The van der Waals surface area contributed by atoms with Gasteiger partial charge in [0, 0.05) is 40.0 Å². The van der Waals surface area contributed by atoms with E-state index in [-0.39, 0.29) is 16.4 Å². The highest BCUT2D eigenvalue weighted by atomic mass is 16.1. The first-order valence-electron chi connectivity index (χ1n) is 8.04. The Labute approximate surface area is 135 Å². The van der Waals surface area contributed by atoms with Crippen LogP contribution < -0.4 is 5.56 Å². The summed E-state index contributed by atoms with van der Waals surface area (Å²) >= 11 is 0. The molecule has 118 valence electrons. The van der Waals surface area contributed by atoms with Crippen LogP contribution in [0.2, 0.25) is 0 Å². The standard InChI is InChI=1S/C19H21N3O/c1-11-9-22-15-13(18(2,3)10-19(15,4)5)14-12(7-6-8-20-14)16(22)21-17(11)23/h6-9H,10H2,1-5H3. The third-order valence-electron chi connectivity index (χ3n) is 5.06. The van der Waals surface area contributed by atoms with Gasteiger partial charge in [0.2, 0.25) is 0 Å². The van der Waals surface area contributed by atoms with E-state index in [1.807, 2.05) is 31.5 Å². The van der Waals surface area contributed by atoms with Crippen molar-refractivity contribution in [1.29, 1.82) is 0 Å². The van der Waals surface area contributed by atoms with E-state index >= 15 is 0 Å². The molecule has 1 aliphatic rings. The zero-order chi connectivity index (χ0) is 16.6. The number of aryl methyl sites for hydroxylation is 1. The number of aromatic nitrogens is 3. The maximum absolute atomic E-state index is 12.1. The molecule has 3 aromatic rings. The molecule has 0 saturated carbocycles. The lowest BCUT2D eigenvalue weighted by molar-refractivity contribution is 0.398. The number of hydrogen-bond acceptors (Lipinski definition) is 3. The fourth-order valence-electron chi connectivity index (χ4n) is 4.51. The summed E-state index contributed by atoms with van der Waals surface area (Å²) in [7, 11) is 0. The number of rotatable bonds is 0. The van der Waals surface area contributed by atoms with Crippen LogP contribution in [0.15, 0.2) is 29.3 Å². The molecular formula is C19H21N3O. The lowest BCUT2D eigenvalue weighted by atomic mass is 9.82. The predicted octanol–water partition coefficient (Wildman–Crippen LogP) is 3.51. The van der Waals surface area contributed by atoms with E-state index in [0.717, 1.165) is 17.3 Å². The topological polar surface area (TPSA) is 47.3 Å². The zero-order valence-electron chi connectivity index (χ0n) is 14.3. The third-order valence-corrected chi connectivity index (χ3v) is 5.06. The average Bonchev–Trinajstić information content (AvgIpc) is 2.66. The Bertz CT molecular complexity index is 1030. The van der Waals surface area contributed by atoms with E-state index in [1.54, 1.807) is 0 Å². The molecule has 4 rings (SSSR count). The number of nitrogens with zero attached hydrogens (tertiary/aromatic N) is 3. The summed E-state index contributed by atoms with van der Waals surface area (Å²) < 4.78 is 2.13. The van der Waals surface area contributed by atoms with Crippen LogP contribution in [0.5, 0.6) is 0 Å². The second-order valence-corrected chi connectivity index (χ2v) is 7.99. The van der Waals surface area contributed by atoms with Crippen molar-refractivity contribution >= 4 is 16.6 Å². The van der Waals surface area contributed by atoms with Crippen LogP contribution in [0.4, 0.5) is 0 Å². The molecule has 4 heteroatoms. The largest absolute Gasteiger partial charge is 0.304 e. The highest BCUT2D eigenvalue weighted by molar-refractivity contribution is 5.95. The first kappa shape index (κ1) is 14.4. The minimum Gasteiger partial charge on any atom is -0.304 e. The Morgan fingerprint density at radius 1 is 1.17 bits per heavy atom. The van der Waals surface area contributed by atoms with Gasteiger partial charge in [0.1, 0.15) is 0 Å². The second-order valence-electron chi connectivity index (χ2n) is 7.99. The SMILES string of the molecule is Cc1cn2c3c(c4ncccc4c2nc1=O)C(C)(C)CC3(C)C. The number of fused-ring (bicyclic) bond motifs is 6. The summed E-state index contributed by atoms with van der Waals surface area (Å²) in [4.78, 5) is 21.1. The molecular weight excluding hydrogens is 286 g/mol. The summed E-state index contributed by atoms with van der Waals surface area (Å²) in [6.07, 6.45) is 4.82. The van der Waals surface area contributed by atoms with Gasteiger partial charge in [-0.1, -0.05) is 27.7 Å². The molecule has 0 aromatic carbocycles. The molecule has 0 fully saturated rings. The summed E-state index contributed by atoms with van der Waals surface area (Å²) in [5.41, 5.74) is 4.78. The van der Waals surface area contributed by atoms with Crippen molar-refractivity contribution in [3.8, 4) is 0 Å². The van der Waals surface area contributed by atoms with Crippen molar-refractivity contribution in [1.82, 2.24) is 14.4 Å². The van der Waals surface area contributed by atoms with E-state index in [1.165, 1.54) is 11.3 Å². The normalized spacial score (nSPS) is 18.5. The second kappa shape index (κ2) is 4.19. The van der Waals surface area contributed by atoms with Gasteiger partial charge in [0.25, 0.3) is 5.56 Å². The van der Waals surface area contributed by atoms with Crippen LogP contribution in [0.25, 0.3) is 16.6 Å². The Hall–Kier alpha value is -2.23. The summed E-state index contributed by atoms with van der Waals surface area (Å²) in [6, 6.07) is 3.93. The van der Waals surface area contributed by atoms with Gasteiger partial charge < -0.3 is 4.40 Å². The maximum Gasteiger partial charge on any atom is 0.276 e. The summed E-state index contributed by atoms with van der Waals surface area (Å²) in [5.74, 6) is 0. The first-order valence-corrected chi connectivity index (χ1v) is 8.04. The quantitative estimate of drug-likeness (QED) is 0.597. The van der Waals surface area contributed by atoms with Crippen molar-refractivity contribution in [2.45, 2.75) is 51.9 Å². The van der Waals surface area contributed by atoms with Crippen molar-refractivity contribution < 1.29 is 0 Å². The molecule has 0 aliphatic heterocycles. The molecule has 3 heterocycles. The van der Waals surface area contributed by atoms with Crippen LogP contribution in [-0.4, -0.2) is 14.4 Å². The van der Waals surface area contributed by atoms with Crippen LogP contribution in [0.1, 0.15) is 50.9 Å². The molecule has 0 saturated heterocycles. The van der Waals surface area contributed by atoms with E-state index in [2.05, 4.69) is 42.1 Å². The molecule has 23 heavy (non-hydrogen) atoms. The van der Waals surface area contributed by atoms with Gasteiger partial charge in [-0.2, -0.15) is 4.98 Å². The highest BCUT2D eigenvalue weighted by Crippen LogP contribution is 2.51. The van der Waals surface area contributed by atoms with Gasteiger partial charge in [-0.25, -0.2) is 0 Å². The lowest BCUT2D eigenvalue weighted by Gasteiger charge is -2.22. The van der Waals surface area contributed by atoms with Gasteiger partial charge in [0.15, 0.2) is 5.65 Å². The van der Waals surface area contributed by atoms with E-state index < -0.39 is 0 Å².